The summed E-state index contributed by atoms with van der Waals surface area (Å²) in [6.07, 6.45) is 0.379. The number of rotatable bonds is 3. The second kappa shape index (κ2) is 10.4. The Labute approximate surface area is 92.6 Å². The Morgan fingerprint density at radius 2 is 1.90 bits per heavy atom. The first-order valence-corrected chi connectivity index (χ1v) is 5.25. The Bertz CT molecular complexity index is 63.7. The van der Waals surface area contributed by atoms with E-state index in [0.717, 1.165) is 6.04 Å². The smallest absolute Gasteiger partial charge is 1.00 e. The quantitative estimate of drug-likeness (QED) is 0.412. The van der Waals surface area contributed by atoms with Gasteiger partial charge in [-0.3, -0.25) is 0 Å². The summed E-state index contributed by atoms with van der Waals surface area (Å²) in [6.45, 7) is 10.2. The molecule has 0 saturated heterocycles. The maximum atomic E-state index is 5.43. The van der Waals surface area contributed by atoms with Crippen molar-refractivity contribution in [3.8, 4) is 0 Å². The van der Waals surface area contributed by atoms with Crippen molar-refractivity contribution in [1.82, 2.24) is 0 Å². The number of hydrogen-bond donors (Lipinski definition) is 0. The fraction of sp³-hybridized carbons (Fsp3) is 0.833. The van der Waals surface area contributed by atoms with Crippen molar-refractivity contribution in [2.75, 3.05) is 0 Å². The van der Waals surface area contributed by atoms with Gasteiger partial charge in [0.2, 0.25) is 0 Å². The van der Waals surface area contributed by atoms with Crippen LogP contribution in [0.1, 0.15) is 20.8 Å². The molecule has 0 bridgehead atoms. The zero-order valence-corrected chi connectivity index (χ0v) is 11.2. The summed E-state index contributed by atoms with van der Waals surface area (Å²) in [5, 5.41) is 0. The van der Waals surface area contributed by atoms with Crippen LogP contribution in [-0.4, -0.2) is 38.2 Å². The van der Waals surface area contributed by atoms with E-state index < -0.39 is 9.04 Å². The molecule has 4 heteroatoms. The summed E-state index contributed by atoms with van der Waals surface area (Å²) < 4.78 is 5.43. The molecule has 1 atom stereocenters. The van der Waals surface area contributed by atoms with Crippen molar-refractivity contribution < 1.29 is 21.4 Å². The van der Waals surface area contributed by atoms with Gasteiger partial charge in [-0.1, -0.05) is 13.0 Å². The van der Waals surface area contributed by atoms with Gasteiger partial charge < -0.3 is 28.0 Å². The van der Waals surface area contributed by atoms with Crippen LogP contribution in [0.25, 0.3) is 0 Å². The molecule has 0 aliphatic carbocycles. The van der Waals surface area contributed by atoms with Crippen molar-refractivity contribution in [2.45, 2.75) is 32.9 Å². The molecule has 0 saturated carbocycles. The molecule has 0 amide bonds. The third-order valence-corrected chi connectivity index (χ3v) is 2.76. The minimum absolute atomic E-state index is 0. The van der Waals surface area contributed by atoms with Crippen LogP contribution in [0.5, 0.6) is 0 Å². The molecule has 58 valence electrons. The molecule has 10 heavy (non-hydrogen) atoms. The minimum atomic E-state index is -0.989. The van der Waals surface area contributed by atoms with Crippen molar-refractivity contribution in [3.05, 3.63) is 6.55 Å². The normalized spacial score (nSPS) is 11.7. The molecule has 0 N–H and O–H groups in total. The molecule has 1 unspecified atom stereocenters. The average molecular weight is 235 g/mol. The van der Waals surface area contributed by atoms with Gasteiger partial charge in [0.15, 0.2) is 0 Å². The Morgan fingerprint density at radius 1 is 1.50 bits per heavy atom. The van der Waals surface area contributed by atoms with Crippen LogP contribution in [0, 0.1) is 6.55 Å². The van der Waals surface area contributed by atoms with E-state index >= 15 is 0 Å². The molecule has 0 radical (unpaired) electrons. The van der Waals surface area contributed by atoms with Crippen LogP contribution in [-0.2, 0) is 4.43 Å². The van der Waals surface area contributed by atoms with Gasteiger partial charge in [0, 0.05) is 15.1 Å². The Kier molecular flexibility index (Phi) is 18.2. The van der Waals surface area contributed by atoms with Gasteiger partial charge in [0.25, 0.3) is 0 Å². The van der Waals surface area contributed by atoms with Crippen LogP contribution in [0.2, 0.25) is 6.04 Å². The van der Waals surface area contributed by atoms with Gasteiger partial charge in [-0.2, -0.15) is 0 Å². The van der Waals surface area contributed by atoms with E-state index in [1.54, 1.807) is 0 Å². The van der Waals surface area contributed by atoms with E-state index in [1.807, 2.05) is 0 Å². The summed E-state index contributed by atoms with van der Waals surface area (Å²) in [7, 11) is -0.989. The van der Waals surface area contributed by atoms with E-state index in [9.17, 15) is 0 Å². The molecule has 0 aliphatic heterocycles. The standard InChI is InChI=1S/C6H15OSi.BrH.Mg/c1-5-8(4)7-6(2)3;;/h6,8H,4-5H2,1-3H3;1H;/q-1;;+2/p-1. The Balaban J connectivity index is -0.000000245. The van der Waals surface area contributed by atoms with Crippen LogP contribution in [0.15, 0.2) is 0 Å². The fourth-order valence-electron chi connectivity index (χ4n) is 0.481. The zero-order chi connectivity index (χ0) is 6.57. The summed E-state index contributed by atoms with van der Waals surface area (Å²) in [4.78, 5) is 0. The first-order chi connectivity index (χ1) is 3.66. The van der Waals surface area contributed by atoms with Gasteiger partial charge in [0.05, 0.1) is 0 Å². The average Bonchev–Trinajstić information content (AvgIpc) is 1.65. The van der Waals surface area contributed by atoms with Crippen molar-refractivity contribution in [2.24, 2.45) is 0 Å². The third kappa shape index (κ3) is 12.1. The van der Waals surface area contributed by atoms with Crippen LogP contribution < -0.4 is 17.0 Å². The van der Waals surface area contributed by atoms with Crippen molar-refractivity contribution >= 4 is 32.1 Å². The second-order valence-corrected chi connectivity index (χ2v) is 4.55. The SMILES string of the molecule is [Br-].[CH2-][SiH](CC)OC(C)C.[Mg+2]. The predicted octanol–water partition coefficient (Wildman–Crippen LogP) is -1.85. The Hall–Kier alpha value is 1.42. The second-order valence-electron chi connectivity index (χ2n) is 2.22. The predicted molar refractivity (Wildman–Crippen MR) is 45.0 cm³/mol. The molecule has 0 fully saturated rings. The van der Waals surface area contributed by atoms with E-state index in [-0.39, 0.29) is 40.0 Å². The molecule has 0 aromatic rings. The first kappa shape index (κ1) is 17.5. The van der Waals surface area contributed by atoms with Gasteiger partial charge >= 0.3 is 23.1 Å². The maximum Gasteiger partial charge on any atom is 2.00 e. The Morgan fingerprint density at radius 3 is 2.00 bits per heavy atom. The largest absolute Gasteiger partial charge is 2.00 e. The van der Waals surface area contributed by atoms with Crippen molar-refractivity contribution in [1.29, 1.82) is 0 Å². The monoisotopic (exact) mass is 234 g/mol. The summed E-state index contributed by atoms with van der Waals surface area (Å²) in [5.74, 6) is 0. The minimum Gasteiger partial charge on any atom is -1.00 e. The van der Waals surface area contributed by atoms with E-state index in [2.05, 4.69) is 27.3 Å². The molecule has 0 aliphatic rings. The molecule has 0 spiro atoms. The first-order valence-electron chi connectivity index (χ1n) is 3.15. The van der Waals surface area contributed by atoms with Crippen LogP contribution in [0.3, 0.4) is 0 Å². The van der Waals surface area contributed by atoms with E-state index in [4.69, 9.17) is 4.43 Å². The number of hydrogen-bond acceptors (Lipinski definition) is 1. The van der Waals surface area contributed by atoms with E-state index in [0.29, 0.717) is 6.10 Å². The summed E-state index contributed by atoms with van der Waals surface area (Å²) in [5.41, 5.74) is 0. The van der Waals surface area contributed by atoms with Gasteiger partial charge in [0.1, 0.15) is 0 Å². The summed E-state index contributed by atoms with van der Waals surface area (Å²) >= 11 is 0. The van der Waals surface area contributed by atoms with Crippen LogP contribution >= 0.6 is 0 Å². The molecule has 0 aromatic heterocycles. The van der Waals surface area contributed by atoms with Crippen LogP contribution in [0.4, 0.5) is 0 Å². The third-order valence-electron chi connectivity index (χ3n) is 0.920. The van der Waals surface area contributed by atoms with Gasteiger partial charge in [-0.05, 0) is 13.8 Å². The zero-order valence-electron chi connectivity index (χ0n) is 7.06. The van der Waals surface area contributed by atoms with Gasteiger partial charge in [-0.25, -0.2) is 0 Å². The maximum absolute atomic E-state index is 5.43. The fourth-order valence-corrected chi connectivity index (χ4v) is 1.44. The molecule has 0 aromatic carbocycles. The van der Waals surface area contributed by atoms with Crippen molar-refractivity contribution in [3.63, 3.8) is 0 Å². The summed E-state index contributed by atoms with van der Waals surface area (Å²) in [6, 6.07) is 1.14. The van der Waals surface area contributed by atoms with Gasteiger partial charge in [-0.15, -0.1) is 0 Å². The molecule has 1 nitrogen and oxygen atoms in total. The molecule has 0 rings (SSSR count). The molecular weight excluding hydrogens is 220 g/mol. The topological polar surface area (TPSA) is 9.23 Å². The number of halogens is 1. The van der Waals surface area contributed by atoms with E-state index in [1.165, 1.54) is 0 Å². The molecular formula is C6H15BrMgOSi. The molecule has 0 heterocycles.